The SMILES string of the molecule is CC1=NN(c2ccc(Cl)c(Cl)c2)C(=O)C1=Cc1ccc(-c2ccc3c(c2)C(=O)OC3)o1. The molecule has 5 rings (SSSR count). The van der Waals surface area contributed by atoms with E-state index in [0.717, 1.165) is 11.1 Å². The normalized spacial score (nSPS) is 16.7. The Bertz CT molecular complexity index is 1320. The van der Waals surface area contributed by atoms with Crippen molar-refractivity contribution in [3.8, 4) is 11.3 Å². The van der Waals surface area contributed by atoms with Gasteiger partial charge in [0.1, 0.15) is 18.1 Å². The lowest BCUT2D eigenvalue weighted by atomic mass is 10.0. The molecule has 0 saturated carbocycles. The van der Waals surface area contributed by atoms with Crippen molar-refractivity contribution in [2.24, 2.45) is 5.10 Å². The van der Waals surface area contributed by atoms with Crippen LogP contribution in [0.1, 0.15) is 28.6 Å². The van der Waals surface area contributed by atoms with E-state index in [1.165, 1.54) is 5.01 Å². The number of ether oxygens (including phenoxy) is 1. The summed E-state index contributed by atoms with van der Waals surface area (Å²) in [5, 5.41) is 6.35. The van der Waals surface area contributed by atoms with Crippen molar-refractivity contribution in [3.05, 3.63) is 81.0 Å². The Labute approximate surface area is 187 Å². The first-order valence-electron chi connectivity index (χ1n) is 9.38. The molecule has 0 bridgehead atoms. The van der Waals surface area contributed by atoms with Crippen LogP contribution in [0.3, 0.4) is 0 Å². The number of carbonyl (C=O) groups is 2. The molecule has 2 aliphatic rings. The quantitative estimate of drug-likeness (QED) is 0.375. The molecular formula is C23H14Cl2N2O4. The number of anilines is 1. The summed E-state index contributed by atoms with van der Waals surface area (Å²) in [4.78, 5) is 24.7. The number of hydrogen-bond acceptors (Lipinski definition) is 5. The summed E-state index contributed by atoms with van der Waals surface area (Å²) < 4.78 is 10.9. The molecule has 0 fully saturated rings. The van der Waals surface area contributed by atoms with Crippen molar-refractivity contribution < 1.29 is 18.7 Å². The molecule has 0 saturated heterocycles. The second kappa shape index (κ2) is 7.41. The molecule has 0 radical (unpaired) electrons. The van der Waals surface area contributed by atoms with Crippen molar-refractivity contribution in [1.29, 1.82) is 0 Å². The smallest absolute Gasteiger partial charge is 0.338 e. The Morgan fingerprint density at radius 2 is 1.87 bits per heavy atom. The first-order chi connectivity index (χ1) is 14.9. The van der Waals surface area contributed by atoms with E-state index in [2.05, 4.69) is 5.10 Å². The zero-order chi connectivity index (χ0) is 21.7. The molecule has 8 heteroatoms. The van der Waals surface area contributed by atoms with E-state index in [1.807, 2.05) is 12.1 Å². The van der Waals surface area contributed by atoms with Crippen LogP contribution in [0.5, 0.6) is 0 Å². The molecular weight excluding hydrogens is 439 g/mol. The Hall–Kier alpha value is -3.35. The van der Waals surface area contributed by atoms with Gasteiger partial charge in [-0.05, 0) is 49.4 Å². The van der Waals surface area contributed by atoms with Crippen LogP contribution in [0.2, 0.25) is 10.0 Å². The van der Waals surface area contributed by atoms with Crippen LogP contribution >= 0.6 is 23.2 Å². The number of halogens is 2. The zero-order valence-corrected chi connectivity index (χ0v) is 17.7. The van der Waals surface area contributed by atoms with E-state index in [0.29, 0.717) is 50.7 Å². The van der Waals surface area contributed by atoms with Crippen LogP contribution in [0.25, 0.3) is 17.4 Å². The van der Waals surface area contributed by atoms with Crippen LogP contribution < -0.4 is 5.01 Å². The van der Waals surface area contributed by atoms with Gasteiger partial charge in [0, 0.05) is 11.1 Å². The second-order valence-electron chi connectivity index (χ2n) is 7.11. The molecule has 2 aliphatic heterocycles. The van der Waals surface area contributed by atoms with Crippen LogP contribution in [-0.4, -0.2) is 17.6 Å². The van der Waals surface area contributed by atoms with Gasteiger partial charge in [-0.2, -0.15) is 10.1 Å². The predicted octanol–water partition coefficient (Wildman–Crippen LogP) is 5.73. The highest BCUT2D eigenvalue weighted by Crippen LogP contribution is 2.32. The number of cyclic esters (lactones) is 1. The molecule has 0 unspecified atom stereocenters. The van der Waals surface area contributed by atoms with Gasteiger partial charge in [0.15, 0.2) is 0 Å². The van der Waals surface area contributed by atoms with Gasteiger partial charge in [0.2, 0.25) is 0 Å². The lowest BCUT2D eigenvalue weighted by molar-refractivity contribution is -0.114. The maximum absolute atomic E-state index is 12.9. The molecule has 3 aromatic rings. The zero-order valence-electron chi connectivity index (χ0n) is 16.2. The molecule has 6 nitrogen and oxygen atoms in total. The molecule has 2 aromatic carbocycles. The number of hydrazone groups is 1. The summed E-state index contributed by atoms with van der Waals surface area (Å²) in [7, 11) is 0. The molecule has 0 aliphatic carbocycles. The number of rotatable bonds is 3. The molecule has 31 heavy (non-hydrogen) atoms. The van der Waals surface area contributed by atoms with E-state index in [1.54, 1.807) is 49.4 Å². The number of esters is 1. The molecule has 1 amide bonds. The van der Waals surface area contributed by atoms with E-state index < -0.39 is 0 Å². The van der Waals surface area contributed by atoms with E-state index in [4.69, 9.17) is 32.4 Å². The molecule has 154 valence electrons. The summed E-state index contributed by atoms with van der Waals surface area (Å²) in [6.07, 6.45) is 1.64. The first kappa shape index (κ1) is 19.6. The highest BCUT2D eigenvalue weighted by molar-refractivity contribution is 6.42. The Balaban J connectivity index is 1.43. The minimum atomic E-state index is -0.337. The summed E-state index contributed by atoms with van der Waals surface area (Å²) in [6, 6.07) is 13.9. The third-order valence-corrected chi connectivity index (χ3v) is 5.84. The topological polar surface area (TPSA) is 72.1 Å². The van der Waals surface area contributed by atoms with Crippen molar-refractivity contribution in [2.45, 2.75) is 13.5 Å². The highest BCUT2D eigenvalue weighted by Gasteiger charge is 2.29. The minimum Gasteiger partial charge on any atom is -0.457 e. The highest BCUT2D eigenvalue weighted by atomic mass is 35.5. The van der Waals surface area contributed by atoms with Gasteiger partial charge in [0.05, 0.1) is 32.6 Å². The van der Waals surface area contributed by atoms with Crippen LogP contribution in [-0.2, 0) is 16.1 Å². The van der Waals surface area contributed by atoms with Gasteiger partial charge in [-0.25, -0.2) is 4.79 Å². The van der Waals surface area contributed by atoms with Gasteiger partial charge in [-0.3, -0.25) is 4.79 Å². The Morgan fingerprint density at radius 3 is 2.68 bits per heavy atom. The third-order valence-electron chi connectivity index (χ3n) is 5.10. The van der Waals surface area contributed by atoms with Crippen LogP contribution in [0.4, 0.5) is 5.69 Å². The fourth-order valence-electron chi connectivity index (χ4n) is 3.47. The van der Waals surface area contributed by atoms with E-state index >= 15 is 0 Å². The van der Waals surface area contributed by atoms with E-state index in [9.17, 15) is 9.59 Å². The van der Waals surface area contributed by atoms with Crippen molar-refractivity contribution in [3.63, 3.8) is 0 Å². The van der Waals surface area contributed by atoms with Gasteiger partial charge >= 0.3 is 5.97 Å². The van der Waals surface area contributed by atoms with Gasteiger partial charge in [-0.1, -0.05) is 35.3 Å². The molecule has 3 heterocycles. The fraction of sp³-hybridized carbons (Fsp3) is 0.0870. The number of benzene rings is 2. The largest absolute Gasteiger partial charge is 0.457 e. The summed E-state index contributed by atoms with van der Waals surface area (Å²) >= 11 is 12.0. The second-order valence-corrected chi connectivity index (χ2v) is 7.92. The average Bonchev–Trinajstić information content (AvgIpc) is 3.45. The van der Waals surface area contributed by atoms with Crippen molar-refractivity contribution in [2.75, 3.05) is 5.01 Å². The molecule has 0 atom stereocenters. The number of amides is 1. The molecule has 0 spiro atoms. The summed E-state index contributed by atoms with van der Waals surface area (Å²) in [6.45, 7) is 2.04. The fourth-order valence-corrected chi connectivity index (χ4v) is 3.76. The van der Waals surface area contributed by atoms with Crippen molar-refractivity contribution in [1.82, 2.24) is 0 Å². The molecule has 1 aromatic heterocycles. The number of carbonyl (C=O) groups excluding carboxylic acids is 2. The monoisotopic (exact) mass is 452 g/mol. The summed E-state index contributed by atoms with van der Waals surface area (Å²) in [5.41, 5.74) is 3.63. The minimum absolute atomic E-state index is 0.292. The number of fused-ring (bicyclic) bond motifs is 1. The maximum atomic E-state index is 12.9. The summed E-state index contributed by atoms with van der Waals surface area (Å²) in [5.74, 6) is 0.438. The van der Waals surface area contributed by atoms with Crippen LogP contribution in [0, 0.1) is 0 Å². The number of furan rings is 1. The van der Waals surface area contributed by atoms with E-state index in [-0.39, 0.29) is 11.9 Å². The lowest BCUT2D eigenvalue weighted by Crippen LogP contribution is -2.21. The van der Waals surface area contributed by atoms with Crippen molar-refractivity contribution >= 4 is 52.6 Å². The van der Waals surface area contributed by atoms with Gasteiger partial charge < -0.3 is 9.15 Å². The van der Waals surface area contributed by atoms with Gasteiger partial charge in [0.25, 0.3) is 5.91 Å². The maximum Gasteiger partial charge on any atom is 0.338 e. The Morgan fingerprint density at radius 1 is 1.03 bits per heavy atom. The lowest BCUT2D eigenvalue weighted by Gasteiger charge is -2.12. The van der Waals surface area contributed by atoms with Crippen LogP contribution in [0.15, 0.2) is 63.6 Å². The Kier molecular flexibility index (Phi) is 4.68. The van der Waals surface area contributed by atoms with Gasteiger partial charge in [-0.15, -0.1) is 0 Å². The average molecular weight is 453 g/mol. The molecule has 0 N–H and O–H groups in total. The first-order valence-corrected chi connectivity index (χ1v) is 10.1. The third kappa shape index (κ3) is 3.44. The number of nitrogens with zero attached hydrogens (tertiary/aromatic N) is 2. The predicted molar refractivity (Wildman–Crippen MR) is 118 cm³/mol. The standard InChI is InChI=1S/C23H14Cl2N2O4/c1-12-17(22(28)27(26-12)15-4-6-19(24)20(25)9-15)10-16-5-7-21(31-16)13-2-3-14-11-30-23(29)18(14)8-13/h2-10H,11H2,1H3. The number of hydrogen-bond donors (Lipinski definition) is 0.